The van der Waals surface area contributed by atoms with E-state index in [1.165, 1.54) is 89.9 Å². The van der Waals surface area contributed by atoms with Crippen LogP contribution in [-0.2, 0) is 0 Å². The minimum atomic E-state index is -0.345. The van der Waals surface area contributed by atoms with Gasteiger partial charge in [0.2, 0.25) is 0 Å². The molecule has 0 saturated heterocycles. The van der Waals surface area contributed by atoms with E-state index >= 15 is 0 Å². The molecule has 1 atom stereocenters. The summed E-state index contributed by atoms with van der Waals surface area (Å²) >= 11 is 0. The van der Waals surface area contributed by atoms with Gasteiger partial charge in [0.1, 0.15) is 0 Å². The molecular weight excluding hydrogens is 390 g/mol. The van der Waals surface area contributed by atoms with E-state index in [2.05, 4.69) is 36.5 Å². The number of aliphatic hydroxyl groups is 1. The van der Waals surface area contributed by atoms with Gasteiger partial charge in [0.25, 0.3) is 0 Å². The Kier molecular flexibility index (Phi) is 14.6. The molecule has 2 nitrogen and oxygen atoms in total. The fourth-order valence-corrected chi connectivity index (χ4v) is 4.35. The maximum Gasteiger partial charge on any atom is 0.0790 e. The van der Waals surface area contributed by atoms with Crippen LogP contribution in [0.4, 0.5) is 11.4 Å². The smallest absolute Gasteiger partial charge is 0.0790 e. The van der Waals surface area contributed by atoms with Crippen LogP contribution in [0.15, 0.2) is 54.6 Å². The van der Waals surface area contributed by atoms with Crippen molar-refractivity contribution in [3.8, 4) is 0 Å². The molecule has 0 aliphatic carbocycles. The van der Waals surface area contributed by atoms with Crippen LogP contribution in [0.5, 0.6) is 0 Å². The molecule has 0 aliphatic rings. The molecule has 2 rings (SSSR count). The van der Waals surface area contributed by atoms with Crippen LogP contribution in [0.1, 0.15) is 121 Å². The van der Waals surface area contributed by atoms with E-state index in [9.17, 15) is 5.11 Å². The summed E-state index contributed by atoms with van der Waals surface area (Å²) in [6, 6.07) is 18.4. The Balaban J connectivity index is 1.42. The van der Waals surface area contributed by atoms with Crippen molar-refractivity contribution < 1.29 is 5.11 Å². The standard InChI is InChI=1S/C30H47NO/c1-2-3-4-5-6-7-8-9-10-11-12-13-14-15-19-22-30(32)27-23-25-29(26-24-27)31-28-20-17-16-18-21-28/h16-18,20-21,23-26,30-32H,2-15,19,22H2,1H3. The highest BCUT2D eigenvalue weighted by Gasteiger charge is 2.07. The van der Waals surface area contributed by atoms with E-state index in [0.29, 0.717) is 0 Å². The van der Waals surface area contributed by atoms with Gasteiger partial charge in [-0.3, -0.25) is 0 Å². The Morgan fingerprint density at radius 2 is 1.00 bits per heavy atom. The predicted molar refractivity (Wildman–Crippen MR) is 141 cm³/mol. The number of hydrogen-bond donors (Lipinski definition) is 2. The summed E-state index contributed by atoms with van der Waals surface area (Å²) in [6.07, 6.45) is 21.1. The monoisotopic (exact) mass is 437 g/mol. The van der Waals surface area contributed by atoms with Gasteiger partial charge in [-0.25, -0.2) is 0 Å². The highest BCUT2D eigenvalue weighted by atomic mass is 16.3. The largest absolute Gasteiger partial charge is 0.388 e. The van der Waals surface area contributed by atoms with Crippen molar-refractivity contribution in [3.63, 3.8) is 0 Å². The van der Waals surface area contributed by atoms with E-state index < -0.39 is 0 Å². The fraction of sp³-hybridized carbons (Fsp3) is 0.600. The second kappa shape index (κ2) is 17.7. The molecule has 0 spiro atoms. The van der Waals surface area contributed by atoms with Crippen LogP contribution >= 0.6 is 0 Å². The first-order chi connectivity index (χ1) is 15.8. The average Bonchev–Trinajstić information content (AvgIpc) is 2.82. The van der Waals surface area contributed by atoms with Crippen LogP contribution in [-0.4, -0.2) is 5.11 Å². The number of anilines is 2. The molecule has 2 heteroatoms. The van der Waals surface area contributed by atoms with E-state index in [1.54, 1.807) is 0 Å². The summed E-state index contributed by atoms with van der Waals surface area (Å²) in [6.45, 7) is 2.29. The number of hydrogen-bond acceptors (Lipinski definition) is 2. The highest BCUT2D eigenvalue weighted by molar-refractivity contribution is 5.59. The molecule has 0 radical (unpaired) electrons. The molecule has 0 saturated carbocycles. The van der Waals surface area contributed by atoms with E-state index in [0.717, 1.165) is 29.8 Å². The average molecular weight is 438 g/mol. The van der Waals surface area contributed by atoms with E-state index in [1.807, 2.05) is 30.3 Å². The van der Waals surface area contributed by atoms with Gasteiger partial charge in [0, 0.05) is 11.4 Å². The van der Waals surface area contributed by atoms with Crippen LogP contribution in [0.3, 0.4) is 0 Å². The zero-order valence-corrected chi connectivity index (χ0v) is 20.5. The van der Waals surface area contributed by atoms with Gasteiger partial charge in [-0.15, -0.1) is 0 Å². The molecule has 0 amide bonds. The lowest BCUT2D eigenvalue weighted by Crippen LogP contribution is -1.98. The zero-order chi connectivity index (χ0) is 22.7. The molecule has 2 aromatic carbocycles. The second-order valence-corrected chi connectivity index (χ2v) is 9.37. The lowest BCUT2D eigenvalue weighted by atomic mass is 10.0. The third-order valence-electron chi connectivity index (χ3n) is 6.44. The Hall–Kier alpha value is -1.80. The summed E-state index contributed by atoms with van der Waals surface area (Å²) in [4.78, 5) is 0. The molecule has 0 heterocycles. The van der Waals surface area contributed by atoms with Crippen molar-refractivity contribution in [3.05, 3.63) is 60.2 Å². The third kappa shape index (κ3) is 12.3. The van der Waals surface area contributed by atoms with Crippen LogP contribution in [0, 0.1) is 0 Å². The second-order valence-electron chi connectivity index (χ2n) is 9.37. The van der Waals surface area contributed by atoms with Gasteiger partial charge in [0.05, 0.1) is 6.10 Å². The topological polar surface area (TPSA) is 32.3 Å². The molecule has 0 fully saturated rings. The molecule has 178 valence electrons. The lowest BCUT2D eigenvalue weighted by molar-refractivity contribution is 0.163. The maximum absolute atomic E-state index is 10.5. The van der Waals surface area contributed by atoms with E-state index in [4.69, 9.17) is 0 Å². The molecule has 0 aliphatic heterocycles. The molecule has 1 unspecified atom stereocenters. The minimum absolute atomic E-state index is 0.345. The fourth-order valence-electron chi connectivity index (χ4n) is 4.35. The van der Waals surface area contributed by atoms with Crippen LogP contribution < -0.4 is 5.32 Å². The maximum atomic E-state index is 10.5. The zero-order valence-electron chi connectivity index (χ0n) is 20.5. The molecule has 0 bridgehead atoms. The van der Waals surface area contributed by atoms with Crippen molar-refractivity contribution in [1.29, 1.82) is 0 Å². The molecule has 2 N–H and O–H groups in total. The predicted octanol–water partition coefficient (Wildman–Crippen LogP) is 9.73. The van der Waals surface area contributed by atoms with Gasteiger partial charge in [-0.2, -0.15) is 0 Å². The minimum Gasteiger partial charge on any atom is -0.388 e. The summed E-state index contributed by atoms with van der Waals surface area (Å²) in [5.41, 5.74) is 3.16. The first-order valence-corrected chi connectivity index (χ1v) is 13.4. The Morgan fingerprint density at radius 3 is 1.50 bits per heavy atom. The van der Waals surface area contributed by atoms with Crippen molar-refractivity contribution in [1.82, 2.24) is 0 Å². The molecular formula is C30H47NO. The van der Waals surface area contributed by atoms with Gasteiger partial charge in [-0.05, 0) is 36.2 Å². The number of rotatable bonds is 19. The summed E-state index contributed by atoms with van der Waals surface area (Å²) in [7, 11) is 0. The normalized spacial score (nSPS) is 12.1. The van der Waals surface area contributed by atoms with Gasteiger partial charge in [0.15, 0.2) is 0 Å². The van der Waals surface area contributed by atoms with Crippen LogP contribution in [0.25, 0.3) is 0 Å². The van der Waals surface area contributed by atoms with Gasteiger partial charge in [-0.1, -0.05) is 134 Å². The first-order valence-electron chi connectivity index (χ1n) is 13.4. The quantitative estimate of drug-likeness (QED) is 0.214. The number of para-hydroxylation sites is 1. The van der Waals surface area contributed by atoms with Crippen molar-refractivity contribution in [2.75, 3.05) is 5.32 Å². The summed E-state index contributed by atoms with van der Waals surface area (Å²) in [5, 5.41) is 13.9. The Labute approximate surface area is 197 Å². The highest BCUT2D eigenvalue weighted by Crippen LogP contribution is 2.23. The van der Waals surface area contributed by atoms with Crippen molar-refractivity contribution >= 4 is 11.4 Å². The first kappa shape index (κ1) is 26.5. The summed E-state index contributed by atoms with van der Waals surface area (Å²) in [5.74, 6) is 0. The molecule has 32 heavy (non-hydrogen) atoms. The van der Waals surface area contributed by atoms with Crippen molar-refractivity contribution in [2.45, 2.75) is 116 Å². The SMILES string of the molecule is CCCCCCCCCCCCCCCCCC(O)c1ccc(Nc2ccccc2)cc1. The Bertz CT molecular complexity index is 667. The third-order valence-corrected chi connectivity index (χ3v) is 6.44. The lowest BCUT2D eigenvalue weighted by Gasteiger charge is -2.12. The van der Waals surface area contributed by atoms with Gasteiger partial charge < -0.3 is 10.4 Å². The van der Waals surface area contributed by atoms with Crippen molar-refractivity contribution in [2.24, 2.45) is 0 Å². The molecule has 2 aromatic rings. The Morgan fingerprint density at radius 1 is 0.562 bits per heavy atom. The number of unbranched alkanes of at least 4 members (excludes halogenated alkanes) is 14. The summed E-state index contributed by atoms with van der Waals surface area (Å²) < 4.78 is 0. The van der Waals surface area contributed by atoms with Crippen LogP contribution in [0.2, 0.25) is 0 Å². The molecule has 0 aromatic heterocycles. The number of benzene rings is 2. The number of nitrogens with one attached hydrogen (secondary N) is 1. The van der Waals surface area contributed by atoms with Gasteiger partial charge >= 0.3 is 0 Å². The van der Waals surface area contributed by atoms with E-state index in [-0.39, 0.29) is 6.10 Å². The number of aliphatic hydroxyl groups excluding tert-OH is 1.